The molecule has 0 aliphatic carbocycles. The minimum absolute atomic E-state index is 0.0713. The van der Waals surface area contributed by atoms with Crippen molar-refractivity contribution in [3.8, 4) is 11.5 Å². The molecule has 1 amide bonds. The van der Waals surface area contributed by atoms with Crippen LogP contribution >= 0.6 is 15.9 Å². The van der Waals surface area contributed by atoms with Crippen molar-refractivity contribution in [1.82, 2.24) is 0 Å². The summed E-state index contributed by atoms with van der Waals surface area (Å²) in [7, 11) is 1.44. The molecule has 0 aliphatic heterocycles. The van der Waals surface area contributed by atoms with E-state index in [1.807, 2.05) is 6.07 Å². The molecule has 7 heteroatoms. The maximum atomic E-state index is 11.9. The smallest absolute Gasteiger partial charge is 0.342 e. The number of carbonyl (C=O) groups is 2. The number of anilines is 1. The number of phenolic OH excluding ortho intramolecular Hbond substituents is 1. The van der Waals surface area contributed by atoms with Crippen LogP contribution in [-0.2, 0) is 9.53 Å². The average molecular weight is 380 g/mol. The Morgan fingerprint density at radius 3 is 2.65 bits per heavy atom. The van der Waals surface area contributed by atoms with Crippen LogP contribution in [0, 0.1) is 0 Å². The molecule has 2 aromatic carbocycles. The molecular weight excluding hydrogens is 366 g/mol. The van der Waals surface area contributed by atoms with Crippen molar-refractivity contribution < 1.29 is 24.2 Å². The number of methoxy groups -OCH3 is 1. The molecule has 0 unspecified atom stereocenters. The van der Waals surface area contributed by atoms with Gasteiger partial charge in [-0.25, -0.2) is 4.79 Å². The van der Waals surface area contributed by atoms with Gasteiger partial charge in [0.05, 0.1) is 12.8 Å². The molecule has 23 heavy (non-hydrogen) atoms. The van der Waals surface area contributed by atoms with Gasteiger partial charge in [-0.05, 0) is 46.3 Å². The minimum atomic E-state index is -0.816. The lowest BCUT2D eigenvalue weighted by atomic mass is 10.2. The van der Waals surface area contributed by atoms with E-state index in [1.165, 1.54) is 25.3 Å². The van der Waals surface area contributed by atoms with Crippen molar-refractivity contribution in [3.63, 3.8) is 0 Å². The highest BCUT2D eigenvalue weighted by molar-refractivity contribution is 9.10. The average Bonchev–Trinajstić information content (AvgIpc) is 2.55. The van der Waals surface area contributed by atoms with Gasteiger partial charge in [-0.2, -0.15) is 0 Å². The van der Waals surface area contributed by atoms with Crippen molar-refractivity contribution in [1.29, 1.82) is 0 Å². The third-order valence-electron chi connectivity index (χ3n) is 2.91. The molecule has 0 saturated heterocycles. The molecule has 0 bridgehead atoms. The van der Waals surface area contributed by atoms with Gasteiger partial charge in [-0.15, -0.1) is 0 Å². The van der Waals surface area contributed by atoms with Crippen LogP contribution in [0.15, 0.2) is 46.9 Å². The monoisotopic (exact) mass is 379 g/mol. The number of benzene rings is 2. The number of nitrogens with one attached hydrogen (secondary N) is 1. The van der Waals surface area contributed by atoms with Crippen LogP contribution in [-0.4, -0.2) is 30.7 Å². The lowest BCUT2D eigenvalue weighted by Gasteiger charge is -2.09. The number of phenols is 1. The lowest BCUT2D eigenvalue weighted by Crippen LogP contribution is -2.21. The van der Waals surface area contributed by atoms with Crippen LogP contribution < -0.4 is 10.1 Å². The van der Waals surface area contributed by atoms with Gasteiger partial charge in [0, 0.05) is 4.47 Å². The first-order valence-corrected chi connectivity index (χ1v) is 7.39. The Bertz CT molecular complexity index is 732. The minimum Gasteiger partial charge on any atom is -0.507 e. The van der Waals surface area contributed by atoms with Crippen LogP contribution in [0.25, 0.3) is 0 Å². The molecule has 0 fully saturated rings. The molecule has 0 aliphatic rings. The highest BCUT2D eigenvalue weighted by atomic mass is 79.9. The Kier molecular flexibility index (Phi) is 5.59. The summed E-state index contributed by atoms with van der Waals surface area (Å²) >= 11 is 3.30. The maximum absolute atomic E-state index is 11.9. The summed E-state index contributed by atoms with van der Waals surface area (Å²) in [6.07, 6.45) is 0. The van der Waals surface area contributed by atoms with Crippen LogP contribution in [0.1, 0.15) is 10.4 Å². The predicted octanol–water partition coefficient (Wildman–Crippen LogP) is 2.96. The molecule has 2 N–H and O–H groups in total. The second-order valence-electron chi connectivity index (χ2n) is 4.49. The molecule has 0 aromatic heterocycles. The van der Waals surface area contributed by atoms with Crippen molar-refractivity contribution >= 4 is 33.5 Å². The van der Waals surface area contributed by atoms with Gasteiger partial charge in [-0.3, -0.25) is 4.79 Å². The summed E-state index contributed by atoms with van der Waals surface area (Å²) in [5, 5.41) is 12.3. The van der Waals surface area contributed by atoms with E-state index in [2.05, 4.69) is 21.2 Å². The van der Waals surface area contributed by atoms with Gasteiger partial charge in [0.2, 0.25) is 0 Å². The van der Waals surface area contributed by atoms with E-state index in [0.717, 1.165) is 0 Å². The van der Waals surface area contributed by atoms with Crippen LogP contribution in [0.5, 0.6) is 11.5 Å². The Balaban J connectivity index is 1.96. The van der Waals surface area contributed by atoms with Crippen molar-refractivity contribution in [2.24, 2.45) is 0 Å². The second-order valence-corrected chi connectivity index (χ2v) is 5.34. The number of aromatic hydroxyl groups is 1. The van der Waals surface area contributed by atoms with E-state index in [9.17, 15) is 14.7 Å². The van der Waals surface area contributed by atoms with Crippen molar-refractivity contribution in [2.45, 2.75) is 0 Å². The van der Waals surface area contributed by atoms with Gasteiger partial charge >= 0.3 is 5.97 Å². The summed E-state index contributed by atoms with van der Waals surface area (Å²) in [6, 6.07) is 11.2. The third kappa shape index (κ3) is 4.46. The molecule has 0 heterocycles. The van der Waals surface area contributed by atoms with Gasteiger partial charge in [0.1, 0.15) is 17.1 Å². The summed E-state index contributed by atoms with van der Waals surface area (Å²) in [5.74, 6) is -1.16. The van der Waals surface area contributed by atoms with Crippen LogP contribution in [0.3, 0.4) is 0 Å². The van der Waals surface area contributed by atoms with E-state index in [4.69, 9.17) is 9.47 Å². The zero-order valence-corrected chi connectivity index (χ0v) is 13.8. The Hall–Kier alpha value is -2.54. The van der Waals surface area contributed by atoms with Gasteiger partial charge in [0.15, 0.2) is 6.61 Å². The number of carbonyl (C=O) groups excluding carboxylic acids is 2. The van der Waals surface area contributed by atoms with Gasteiger partial charge in [-0.1, -0.05) is 12.1 Å². The quantitative estimate of drug-likeness (QED) is 0.780. The largest absolute Gasteiger partial charge is 0.507 e. The number of para-hydroxylation sites is 1. The zero-order valence-electron chi connectivity index (χ0n) is 12.2. The number of hydrogen-bond acceptors (Lipinski definition) is 5. The Labute approximate surface area is 141 Å². The highest BCUT2D eigenvalue weighted by Gasteiger charge is 2.16. The Morgan fingerprint density at radius 2 is 1.96 bits per heavy atom. The molecule has 0 radical (unpaired) electrons. The van der Waals surface area contributed by atoms with E-state index in [-0.39, 0.29) is 11.3 Å². The first kappa shape index (κ1) is 16.8. The van der Waals surface area contributed by atoms with E-state index < -0.39 is 18.5 Å². The second kappa shape index (κ2) is 7.64. The fourth-order valence-corrected chi connectivity index (χ4v) is 2.15. The normalized spacial score (nSPS) is 10.0. The number of hydrogen-bond donors (Lipinski definition) is 2. The molecule has 0 atom stereocenters. The summed E-state index contributed by atoms with van der Waals surface area (Å²) in [6.45, 7) is -0.475. The summed E-state index contributed by atoms with van der Waals surface area (Å²) in [4.78, 5) is 23.7. The molecule has 2 aromatic rings. The van der Waals surface area contributed by atoms with Crippen LogP contribution in [0.2, 0.25) is 0 Å². The highest BCUT2D eigenvalue weighted by Crippen LogP contribution is 2.24. The van der Waals surface area contributed by atoms with Gasteiger partial charge in [0.25, 0.3) is 5.91 Å². The standard InChI is InChI=1S/C16H14BrNO5/c1-22-10-6-7-14(19)11(8-10)16(21)23-9-15(20)18-13-5-3-2-4-12(13)17/h2-8,19H,9H2,1H3,(H,18,20). The fraction of sp³-hybridized carbons (Fsp3) is 0.125. The predicted molar refractivity (Wildman–Crippen MR) is 87.7 cm³/mol. The summed E-state index contributed by atoms with van der Waals surface area (Å²) in [5.41, 5.74) is 0.496. The first-order chi connectivity index (χ1) is 11.0. The first-order valence-electron chi connectivity index (χ1n) is 6.59. The molecule has 0 saturated carbocycles. The molecular formula is C16H14BrNO5. The van der Waals surface area contributed by atoms with Crippen molar-refractivity contribution in [2.75, 3.05) is 19.0 Å². The van der Waals surface area contributed by atoms with E-state index >= 15 is 0 Å². The molecule has 0 spiro atoms. The number of esters is 1. The number of rotatable bonds is 5. The topological polar surface area (TPSA) is 84.9 Å². The molecule has 120 valence electrons. The van der Waals surface area contributed by atoms with E-state index in [0.29, 0.717) is 15.9 Å². The molecule has 2 rings (SSSR count). The number of halogens is 1. The Morgan fingerprint density at radius 1 is 1.22 bits per heavy atom. The number of ether oxygens (including phenoxy) is 2. The SMILES string of the molecule is COc1ccc(O)c(C(=O)OCC(=O)Nc2ccccc2Br)c1. The molecule has 6 nitrogen and oxygen atoms in total. The summed E-state index contributed by atoms with van der Waals surface area (Å²) < 4.78 is 10.6. The van der Waals surface area contributed by atoms with Gasteiger partial charge < -0.3 is 19.9 Å². The van der Waals surface area contributed by atoms with Crippen LogP contribution in [0.4, 0.5) is 5.69 Å². The lowest BCUT2D eigenvalue weighted by molar-refractivity contribution is -0.119. The third-order valence-corrected chi connectivity index (χ3v) is 3.60. The zero-order chi connectivity index (χ0) is 16.8. The van der Waals surface area contributed by atoms with Crippen molar-refractivity contribution in [3.05, 3.63) is 52.5 Å². The maximum Gasteiger partial charge on any atom is 0.342 e. The fourth-order valence-electron chi connectivity index (χ4n) is 1.76. The van der Waals surface area contributed by atoms with E-state index in [1.54, 1.807) is 18.2 Å². The number of amides is 1.